The molecule has 0 saturated heterocycles. The highest BCUT2D eigenvalue weighted by atomic mass is 35.5. The number of rotatable bonds is 9. The van der Waals surface area contributed by atoms with E-state index in [0.29, 0.717) is 31.9 Å². The van der Waals surface area contributed by atoms with Crippen molar-refractivity contribution in [3.63, 3.8) is 0 Å². The molecule has 0 aliphatic rings. The van der Waals surface area contributed by atoms with Gasteiger partial charge in [0.1, 0.15) is 5.02 Å². The van der Waals surface area contributed by atoms with E-state index >= 15 is 0 Å². The Balaban J connectivity index is 2.53. The zero-order chi connectivity index (χ0) is 15.8. The molecule has 0 aliphatic heterocycles. The van der Waals surface area contributed by atoms with E-state index in [-0.39, 0.29) is 16.7 Å². The van der Waals surface area contributed by atoms with Gasteiger partial charge in [-0.1, -0.05) is 11.6 Å². The molecule has 0 spiro atoms. The number of nitrogens with one attached hydrogen (secondary N) is 2. The van der Waals surface area contributed by atoms with Gasteiger partial charge in [0.25, 0.3) is 5.56 Å². The van der Waals surface area contributed by atoms with Crippen LogP contribution in [-0.2, 0) is 6.54 Å². The molecule has 120 valence electrons. The Hall–Kier alpha value is -1.15. The minimum absolute atomic E-state index is 0.152. The fraction of sp³-hybridized carbons (Fsp3) is 0.692. The van der Waals surface area contributed by atoms with Gasteiger partial charge in [-0.25, -0.2) is 4.68 Å². The maximum Gasteiger partial charge on any atom is 0.287 e. The van der Waals surface area contributed by atoms with Crippen LogP contribution >= 0.6 is 11.6 Å². The minimum atomic E-state index is -0.379. The highest BCUT2D eigenvalue weighted by Gasteiger charge is 2.09. The molecule has 0 bridgehead atoms. The molecule has 0 aromatic carbocycles. The topological polar surface area (TPSA) is 82.4 Å². The fourth-order valence-corrected chi connectivity index (χ4v) is 1.85. The Labute approximate surface area is 129 Å². The van der Waals surface area contributed by atoms with Crippen LogP contribution in [0.3, 0.4) is 0 Å². The highest BCUT2D eigenvalue weighted by Crippen LogP contribution is 2.14. The third-order valence-electron chi connectivity index (χ3n) is 2.80. The number of hydrogen-bond acceptors (Lipinski definition) is 6. The second kappa shape index (κ2) is 8.99. The van der Waals surface area contributed by atoms with Crippen molar-refractivity contribution in [1.82, 2.24) is 20.0 Å². The summed E-state index contributed by atoms with van der Waals surface area (Å²) in [4.78, 5) is 14.0. The number of anilines is 1. The van der Waals surface area contributed by atoms with E-state index in [1.807, 2.05) is 19.0 Å². The van der Waals surface area contributed by atoms with Crippen molar-refractivity contribution < 1.29 is 5.11 Å². The quantitative estimate of drug-likeness (QED) is 0.549. The summed E-state index contributed by atoms with van der Waals surface area (Å²) < 4.78 is 1.36. The van der Waals surface area contributed by atoms with Crippen LogP contribution < -0.4 is 16.2 Å². The maximum atomic E-state index is 12.0. The fourth-order valence-electron chi connectivity index (χ4n) is 1.64. The predicted molar refractivity (Wildman–Crippen MR) is 85.1 cm³/mol. The molecule has 1 aromatic rings. The van der Waals surface area contributed by atoms with Crippen molar-refractivity contribution in [2.24, 2.45) is 0 Å². The Bertz CT molecular complexity index is 490. The van der Waals surface area contributed by atoms with Gasteiger partial charge in [-0.15, -0.1) is 0 Å². The molecular weight excluding hydrogens is 294 g/mol. The van der Waals surface area contributed by atoms with Crippen molar-refractivity contribution in [2.75, 3.05) is 45.6 Å². The summed E-state index contributed by atoms with van der Waals surface area (Å²) in [5.74, 6) is 0. The molecule has 0 fully saturated rings. The highest BCUT2D eigenvalue weighted by molar-refractivity contribution is 6.32. The minimum Gasteiger partial charge on any atom is -0.392 e. The lowest BCUT2D eigenvalue weighted by molar-refractivity contribution is 0.192. The number of hydrogen-bond donors (Lipinski definition) is 3. The Kier molecular flexibility index (Phi) is 7.66. The lowest BCUT2D eigenvalue weighted by atomic mass is 10.4. The average molecular weight is 318 g/mol. The van der Waals surface area contributed by atoms with Crippen molar-refractivity contribution in [3.8, 4) is 0 Å². The van der Waals surface area contributed by atoms with Crippen molar-refractivity contribution >= 4 is 17.3 Å². The molecule has 7 nitrogen and oxygen atoms in total. The zero-order valence-electron chi connectivity index (χ0n) is 12.8. The largest absolute Gasteiger partial charge is 0.392 e. The van der Waals surface area contributed by atoms with Gasteiger partial charge >= 0.3 is 0 Å². The van der Waals surface area contributed by atoms with Gasteiger partial charge in [-0.2, -0.15) is 5.10 Å². The second-order valence-electron chi connectivity index (χ2n) is 5.18. The molecule has 1 atom stereocenters. The maximum absolute atomic E-state index is 12.0. The Morgan fingerprint density at radius 3 is 2.81 bits per heavy atom. The molecule has 3 N–H and O–H groups in total. The smallest absolute Gasteiger partial charge is 0.287 e. The SMILES string of the molecule is CC(O)CNCCNc1cnn(CCN(C)C)c(=O)c1Cl. The van der Waals surface area contributed by atoms with Crippen LogP contribution in [0, 0.1) is 0 Å². The normalized spacial score (nSPS) is 12.7. The molecule has 1 aromatic heterocycles. The van der Waals surface area contributed by atoms with Gasteiger partial charge in [-0.3, -0.25) is 4.79 Å². The predicted octanol–water partition coefficient (Wildman–Crippen LogP) is -0.159. The number of halogens is 1. The van der Waals surface area contributed by atoms with Gasteiger partial charge < -0.3 is 20.6 Å². The second-order valence-corrected chi connectivity index (χ2v) is 5.56. The first-order chi connectivity index (χ1) is 9.91. The summed E-state index contributed by atoms with van der Waals surface area (Å²) in [7, 11) is 3.87. The van der Waals surface area contributed by atoms with Crippen molar-refractivity contribution in [2.45, 2.75) is 19.6 Å². The molecule has 0 saturated carbocycles. The first kappa shape index (κ1) is 17.9. The molecule has 0 aliphatic carbocycles. The number of nitrogens with zero attached hydrogens (tertiary/aromatic N) is 3. The van der Waals surface area contributed by atoms with E-state index in [4.69, 9.17) is 16.7 Å². The van der Waals surface area contributed by atoms with Crippen LogP contribution in [0.4, 0.5) is 5.69 Å². The van der Waals surface area contributed by atoms with Gasteiger partial charge in [0, 0.05) is 26.2 Å². The van der Waals surface area contributed by atoms with E-state index < -0.39 is 0 Å². The van der Waals surface area contributed by atoms with Crippen LogP contribution in [-0.4, -0.2) is 66.2 Å². The van der Waals surface area contributed by atoms with Gasteiger partial charge in [0.05, 0.1) is 24.5 Å². The van der Waals surface area contributed by atoms with Crippen molar-refractivity contribution in [3.05, 3.63) is 21.6 Å². The van der Waals surface area contributed by atoms with E-state index in [9.17, 15) is 4.79 Å². The molecule has 1 unspecified atom stereocenters. The van der Waals surface area contributed by atoms with E-state index in [1.165, 1.54) is 4.68 Å². The first-order valence-electron chi connectivity index (χ1n) is 6.94. The van der Waals surface area contributed by atoms with E-state index in [0.717, 1.165) is 6.54 Å². The van der Waals surface area contributed by atoms with E-state index in [1.54, 1.807) is 13.1 Å². The van der Waals surface area contributed by atoms with Gasteiger partial charge in [0.15, 0.2) is 0 Å². The van der Waals surface area contributed by atoms with Crippen LogP contribution in [0.15, 0.2) is 11.0 Å². The summed E-state index contributed by atoms with van der Waals surface area (Å²) in [5.41, 5.74) is 0.238. The number of aromatic nitrogens is 2. The van der Waals surface area contributed by atoms with Gasteiger partial charge in [-0.05, 0) is 21.0 Å². The molecule has 8 heteroatoms. The monoisotopic (exact) mass is 317 g/mol. The molecule has 1 heterocycles. The summed E-state index contributed by atoms with van der Waals surface area (Å²) in [5, 5.41) is 19.5. The summed E-state index contributed by atoms with van der Waals surface area (Å²) in [6, 6.07) is 0. The van der Waals surface area contributed by atoms with Crippen LogP contribution in [0.25, 0.3) is 0 Å². The molecule has 0 radical (unpaired) electrons. The average Bonchev–Trinajstić information content (AvgIpc) is 2.41. The number of aliphatic hydroxyl groups excluding tert-OH is 1. The van der Waals surface area contributed by atoms with Gasteiger partial charge in [0.2, 0.25) is 0 Å². The third-order valence-corrected chi connectivity index (χ3v) is 3.17. The Morgan fingerprint density at radius 2 is 2.19 bits per heavy atom. The number of likely N-dealkylation sites (N-methyl/N-ethyl adjacent to an activating group) is 1. The lowest BCUT2D eigenvalue weighted by Gasteiger charge is -2.13. The molecule has 1 rings (SSSR count). The summed E-state index contributed by atoms with van der Waals surface area (Å²) in [6.45, 7) is 4.72. The third kappa shape index (κ3) is 6.43. The van der Waals surface area contributed by atoms with Crippen LogP contribution in [0.2, 0.25) is 5.02 Å². The molecule has 21 heavy (non-hydrogen) atoms. The number of aliphatic hydroxyl groups is 1. The Morgan fingerprint density at radius 1 is 1.48 bits per heavy atom. The zero-order valence-corrected chi connectivity index (χ0v) is 13.5. The van der Waals surface area contributed by atoms with E-state index in [2.05, 4.69) is 15.7 Å². The van der Waals surface area contributed by atoms with Crippen molar-refractivity contribution in [1.29, 1.82) is 0 Å². The first-order valence-corrected chi connectivity index (χ1v) is 7.32. The molecular formula is C13H24ClN5O2. The lowest BCUT2D eigenvalue weighted by Crippen LogP contribution is -2.31. The standard InChI is InChI=1S/C13H24ClN5O2/c1-10(20)8-15-4-5-16-11-9-17-19(7-6-18(2)3)13(21)12(11)14/h9-10,15-16,20H,4-8H2,1-3H3. The summed E-state index contributed by atoms with van der Waals surface area (Å²) in [6.07, 6.45) is 1.18. The molecule has 0 amide bonds. The summed E-state index contributed by atoms with van der Waals surface area (Å²) >= 11 is 6.07. The van der Waals surface area contributed by atoms with Crippen LogP contribution in [0.1, 0.15) is 6.92 Å². The van der Waals surface area contributed by atoms with Crippen LogP contribution in [0.5, 0.6) is 0 Å².